The van der Waals surface area contributed by atoms with Gasteiger partial charge in [0, 0.05) is 5.56 Å². The lowest BCUT2D eigenvalue weighted by atomic mass is 10.0. The number of hydrogen-bond acceptors (Lipinski definition) is 4. The van der Waals surface area contributed by atoms with E-state index in [1.165, 1.54) is 6.92 Å². The van der Waals surface area contributed by atoms with Gasteiger partial charge in [-0.15, -0.1) is 0 Å². The lowest BCUT2D eigenvalue weighted by Crippen LogP contribution is -2.14. The Morgan fingerprint density at radius 3 is 2.61 bits per heavy atom. The summed E-state index contributed by atoms with van der Waals surface area (Å²) in [6.07, 6.45) is 0.885. The molecule has 1 unspecified atom stereocenters. The monoisotopic (exact) mass is 252 g/mol. The van der Waals surface area contributed by atoms with Crippen molar-refractivity contribution in [3.8, 4) is 11.5 Å². The van der Waals surface area contributed by atoms with Crippen molar-refractivity contribution in [2.45, 2.75) is 39.7 Å². The number of aliphatic hydroxyl groups is 1. The number of aliphatic hydroxyl groups excluding tert-OH is 1. The fraction of sp³-hybridized carbons (Fsp3) is 0.500. The van der Waals surface area contributed by atoms with Gasteiger partial charge in [-0.1, -0.05) is 13.3 Å². The summed E-state index contributed by atoms with van der Waals surface area (Å²) in [5.74, 6) is 0.347. The van der Waals surface area contributed by atoms with Crippen LogP contribution in [0.3, 0.4) is 0 Å². The van der Waals surface area contributed by atoms with Gasteiger partial charge >= 0.3 is 0 Å². The number of Topliss-reactive ketones (excluding diaryl/α,β-unsaturated/α-hetero) is 1. The Balaban J connectivity index is 3.10. The number of carbonyl (C=O) groups is 1. The molecule has 0 radical (unpaired) electrons. The summed E-state index contributed by atoms with van der Waals surface area (Å²) in [5.41, 5.74) is 0.939. The quantitative estimate of drug-likeness (QED) is 0.762. The molecule has 4 heteroatoms. The highest BCUT2D eigenvalue weighted by Gasteiger charge is 2.16. The molecule has 0 aromatic heterocycles. The van der Waals surface area contributed by atoms with Crippen LogP contribution in [0.2, 0.25) is 0 Å². The number of ketones is 1. The van der Waals surface area contributed by atoms with Crippen LogP contribution in [0.1, 0.15) is 43.1 Å². The minimum absolute atomic E-state index is 0.00700. The van der Waals surface area contributed by atoms with Gasteiger partial charge in [-0.25, -0.2) is 0 Å². The number of hydrogen-bond donors (Lipinski definition) is 2. The van der Waals surface area contributed by atoms with Crippen LogP contribution in [0, 0.1) is 0 Å². The van der Waals surface area contributed by atoms with Crippen LogP contribution in [0.25, 0.3) is 0 Å². The predicted molar refractivity (Wildman–Crippen MR) is 69.3 cm³/mol. The third-order valence-corrected chi connectivity index (χ3v) is 2.60. The lowest BCUT2D eigenvalue weighted by Gasteiger charge is -2.15. The van der Waals surface area contributed by atoms with Gasteiger partial charge in [-0.3, -0.25) is 4.79 Å². The minimum atomic E-state index is -0.575. The molecule has 1 atom stereocenters. The van der Waals surface area contributed by atoms with Crippen LogP contribution in [0.5, 0.6) is 11.5 Å². The highest BCUT2D eigenvalue weighted by Crippen LogP contribution is 2.32. The van der Waals surface area contributed by atoms with E-state index in [4.69, 9.17) is 4.74 Å². The Morgan fingerprint density at radius 2 is 2.11 bits per heavy atom. The molecule has 1 rings (SSSR count). The average molecular weight is 252 g/mol. The van der Waals surface area contributed by atoms with Crippen LogP contribution in [-0.2, 0) is 6.42 Å². The zero-order chi connectivity index (χ0) is 13.7. The van der Waals surface area contributed by atoms with E-state index in [0.29, 0.717) is 23.3 Å². The topological polar surface area (TPSA) is 66.8 Å². The van der Waals surface area contributed by atoms with Gasteiger partial charge in [0.25, 0.3) is 0 Å². The molecule has 0 amide bonds. The van der Waals surface area contributed by atoms with Crippen LogP contribution in [0.15, 0.2) is 12.1 Å². The van der Waals surface area contributed by atoms with Crippen molar-refractivity contribution in [1.29, 1.82) is 0 Å². The summed E-state index contributed by atoms with van der Waals surface area (Å²) in [6.45, 7) is 5.19. The molecule has 0 bridgehead atoms. The fourth-order valence-electron chi connectivity index (χ4n) is 1.74. The van der Waals surface area contributed by atoms with E-state index in [9.17, 15) is 15.0 Å². The van der Waals surface area contributed by atoms with Gasteiger partial charge in [0.1, 0.15) is 18.1 Å². The number of phenols is 1. The Hall–Kier alpha value is -1.55. The average Bonchev–Trinajstić information content (AvgIpc) is 2.29. The largest absolute Gasteiger partial charge is 0.507 e. The zero-order valence-corrected chi connectivity index (χ0v) is 11.1. The summed E-state index contributed by atoms with van der Waals surface area (Å²) >= 11 is 0. The van der Waals surface area contributed by atoms with E-state index in [1.54, 1.807) is 19.1 Å². The third kappa shape index (κ3) is 3.47. The molecule has 0 spiro atoms. The normalized spacial score (nSPS) is 12.2. The van der Waals surface area contributed by atoms with Gasteiger partial charge in [0.2, 0.25) is 0 Å². The first-order valence-electron chi connectivity index (χ1n) is 6.14. The molecule has 4 nitrogen and oxygen atoms in total. The first kappa shape index (κ1) is 14.5. The Bertz CT molecular complexity index is 424. The molecule has 1 aromatic carbocycles. The second kappa shape index (κ2) is 6.40. The molecular weight excluding hydrogens is 232 g/mol. The second-order valence-corrected chi connectivity index (χ2v) is 4.40. The number of benzene rings is 1. The van der Waals surface area contributed by atoms with E-state index >= 15 is 0 Å². The third-order valence-electron chi connectivity index (χ3n) is 2.60. The molecule has 0 aliphatic heterocycles. The van der Waals surface area contributed by atoms with Crippen LogP contribution >= 0.6 is 0 Å². The summed E-state index contributed by atoms with van der Waals surface area (Å²) in [5, 5.41) is 19.3. The molecule has 0 aliphatic rings. The van der Waals surface area contributed by atoms with Crippen molar-refractivity contribution in [3.63, 3.8) is 0 Å². The van der Waals surface area contributed by atoms with Crippen molar-refractivity contribution in [2.75, 3.05) is 6.61 Å². The Kier molecular flexibility index (Phi) is 5.16. The number of rotatable bonds is 6. The van der Waals surface area contributed by atoms with E-state index in [2.05, 4.69) is 0 Å². The number of carbonyl (C=O) groups excluding carboxylic acids is 1. The maximum absolute atomic E-state index is 11.4. The van der Waals surface area contributed by atoms with Crippen molar-refractivity contribution in [1.82, 2.24) is 0 Å². The van der Waals surface area contributed by atoms with Gasteiger partial charge in [0.15, 0.2) is 5.78 Å². The molecule has 0 fully saturated rings. The molecule has 18 heavy (non-hydrogen) atoms. The van der Waals surface area contributed by atoms with E-state index in [0.717, 1.165) is 6.42 Å². The van der Waals surface area contributed by atoms with Gasteiger partial charge in [0.05, 0.1) is 11.7 Å². The van der Waals surface area contributed by atoms with E-state index < -0.39 is 6.10 Å². The van der Waals surface area contributed by atoms with Gasteiger partial charge < -0.3 is 14.9 Å². The number of aromatic hydroxyl groups is 1. The lowest BCUT2D eigenvalue weighted by molar-refractivity contribution is 0.101. The van der Waals surface area contributed by atoms with Crippen molar-refractivity contribution in [2.24, 2.45) is 0 Å². The molecule has 0 aliphatic carbocycles. The summed E-state index contributed by atoms with van der Waals surface area (Å²) in [7, 11) is 0. The standard InChI is InChI=1S/C14H20O4/c1-4-5-12-13(18-8-9(2)15)7-6-11(10(3)16)14(12)17/h6-7,9,15,17H,4-5,8H2,1-3H3. The van der Waals surface area contributed by atoms with Crippen molar-refractivity contribution >= 4 is 5.78 Å². The van der Waals surface area contributed by atoms with Crippen LogP contribution < -0.4 is 4.74 Å². The van der Waals surface area contributed by atoms with Crippen LogP contribution in [-0.4, -0.2) is 28.7 Å². The first-order chi connectivity index (χ1) is 8.47. The minimum Gasteiger partial charge on any atom is -0.507 e. The van der Waals surface area contributed by atoms with Crippen molar-refractivity contribution in [3.05, 3.63) is 23.3 Å². The molecule has 1 aromatic rings. The van der Waals surface area contributed by atoms with E-state index in [1.807, 2.05) is 6.92 Å². The summed E-state index contributed by atoms with van der Waals surface area (Å²) in [4.78, 5) is 11.4. The predicted octanol–water partition coefficient (Wildman–Crippen LogP) is 2.31. The number of phenolic OH excluding ortho intramolecular Hbond substituents is 1. The van der Waals surface area contributed by atoms with Gasteiger partial charge in [-0.2, -0.15) is 0 Å². The van der Waals surface area contributed by atoms with E-state index in [-0.39, 0.29) is 18.1 Å². The second-order valence-electron chi connectivity index (χ2n) is 4.40. The fourth-order valence-corrected chi connectivity index (χ4v) is 1.74. The summed E-state index contributed by atoms with van der Waals surface area (Å²) in [6, 6.07) is 3.22. The molecule has 100 valence electrons. The van der Waals surface area contributed by atoms with Crippen molar-refractivity contribution < 1.29 is 19.7 Å². The highest BCUT2D eigenvalue weighted by molar-refractivity contribution is 5.97. The molecule has 0 saturated heterocycles. The maximum atomic E-state index is 11.4. The van der Waals surface area contributed by atoms with Crippen LogP contribution in [0.4, 0.5) is 0 Å². The highest BCUT2D eigenvalue weighted by atomic mass is 16.5. The molecule has 0 saturated carbocycles. The zero-order valence-electron chi connectivity index (χ0n) is 11.1. The number of ether oxygens (including phenoxy) is 1. The molecule has 0 heterocycles. The molecular formula is C14H20O4. The Labute approximate surface area is 107 Å². The summed E-state index contributed by atoms with van der Waals surface area (Å²) < 4.78 is 5.45. The Morgan fingerprint density at radius 1 is 1.44 bits per heavy atom. The maximum Gasteiger partial charge on any atom is 0.163 e. The molecule has 2 N–H and O–H groups in total. The van der Waals surface area contributed by atoms with Gasteiger partial charge in [-0.05, 0) is 32.4 Å². The SMILES string of the molecule is CCCc1c(OCC(C)O)ccc(C(C)=O)c1O. The smallest absolute Gasteiger partial charge is 0.163 e. The first-order valence-corrected chi connectivity index (χ1v) is 6.14.